The number of rotatable bonds is 3. The number of halogens is 1. The van der Waals surface area contributed by atoms with Gasteiger partial charge in [-0.3, -0.25) is 0 Å². The maximum atomic E-state index is 12.9. The van der Waals surface area contributed by atoms with E-state index in [-0.39, 0.29) is 18.1 Å². The highest BCUT2D eigenvalue weighted by Crippen LogP contribution is 2.44. The number of nitrogens with one attached hydrogen (secondary N) is 1. The number of nitrogens with zero attached hydrogens (tertiary/aromatic N) is 2. The fourth-order valence-electron chi connectivity index (χ4n) is 4.46. The van der Waals surface area contributed by atoms with Crippen LogP contribution in [0.25, 0.3) is 11.1 Å². The van der Waals surface area contributed by atoms with Gasteiger partial charge in [-0.1, -0.05) is 60.1 Å². The lowest BCUT2D eigenvalue weighted by molar-refractivity contribution is 0.0883. The van der Waals surface area contributed by atoms with Crippen LogP contribution in [0.5, 0.6) is 0 Å². The van der Waals surface area contributed by atoms with E-state index < -0.39 is 0 Å². The summed E-state index contributed by atoms with van der Waals surface area (Å²) in [4.78, 5) is 18.7. The van der Waals surface area contributed by atoms with Gasteiger partial charge in [-0.05, 0) is 39.9 Å². The first kappa shape index (κ1) is 19.1. The van der Waals surface area contributed by atoms with Crippen LogP contribution in [0.2, 0.25) is 5.15 Å². The molecule has 1 saturated heterocycles. The van der Waals surface area contributed by atoms with Crippen LogP contribution in [0.15, 0.2) is 66.9 Å². The average Bonchev–Trinajstić information content (AvgIpc) is 3.11. The van der Waals surface area contributed by atoms with E-state index in [0.717, 1.165) is 5.56 Å². The van der Waals surface area contributed by atoms with Gasteiger partial charge in [-0.2, -0.15) is 0 Å². The van der Waals surface area contributed by atoms with Gasteiger partial charge in [0.05, 0.1) is 6.04 Å². The quantitative estimate of drug-likeness (QED) is 0.629. The highest BCUT2D eigenvalue weighted by molar-refractivity contribution is 6.29. The Hall–Kier alpha value is -2.89. The third-order valence-corrected chi connectivity index (χ3v) is 6.13. The largest absolute Gasteiger partial charge is 0.448 e. The minimum absolute atomic E-state index is 0.0136. The summed E-state index contributed by atoms with van der Waals surface area (Å²) >= 11 is 6.02. The van der Waals surface area contributed by atoms with E-state index in [1.807, 2.05) is 24.3 Å². The lowest BCUT2D eigenvalue weighted by Gasteiger charge is -2.33. The molecule has 1 amide bonds. The van der Waals surface area contributed by atoms with Crippen molar-refractivity contribution in [2.75, 3.05) is 26.2 Å². The Morgan fingerprint density at radius 3 is 2.50 bits per heavy atom. The maximum absolute atomic E-state index is 12.9. The summed E-state index contributed by atoms with van der Waals surface area (Å²) in [5.41, 5.74) is 5.91. The SMILES string of the molecule is O=C(OCC1c2ccccc2-c2ccccc21)N1CCNC(c2ccnc(Cl)c2)C1. The Morgan fingerprint density at radius 1 is 1.10 bits per heavy atom. The van der Waals surface area contributed by atoms with E-state index in [0.29, 0.717) is 31.4 Å². The summed E-state index contributed by atoms with van der Waals surface area (Å²) in [5.74, 6) is 0.0686. The molecule has 3 aromatic rings. The Kier molecular flexibility index (Phi) is 5.15. The van der Waals surface area contributed by atoms with Gasteiger partial charge in [0, 0.05) is 31.7 Å². The van der Waals surface area contributed by atoms with Crippen molar-refractivity contribution in [1.29, 1.82) is 0 Å². The van der Waals surface area contributed by atoms with Gasteiger partial charge in [-0.25, -0.2) is 9.78 Å². The number of benzene rings is 2. The minimum Gasteiger partial charge on any atom is -0.448 e. The van der Waals surface area contributed by atoms with Crippen molar-refractivity contribution in [2.24, 2.45) is 0 Å². The Labute approximate surface area is 180 Å². The number of fused-ring (bicyclic) bond motifs is 3. The minimum atomic E-state index is -0.275. The van der Waals surface area contributed by atoms with Crippen LogP contribution in [0.4, 0.5) is 4.79 Å². The molecule has 1 fully saturated rings. The summed E-state index contributed by atoms with van der Waals surface area (Å²) in [7, 11) is 0. The molecule has 6 heteroatoms. The number of piperazine rings is 1. The standard InChI is InChI=1S/C24H22ClN3O2/c25-23-13-16(9-10-27-23)22-14-28(12-11-26-22)24(29)30-15-21-19-7-3-1-5-17(19)18-6-2-4-8-20(18)21/h1-10,13,21-22,26H,11-12,14-15H2. The second-order valence-corrected chi connectivity index (χ2v) is 8.06. The molecule has 1 N–H and O–H groups in total. The van der Waals surface area contributed by atoms with Crippen LogP contribution in [0.1, 0.15) is 28.7 Å². The molecule has 0 bridgehead atoms. The van der Waals surface area contributed by atoms with E-state index in [2.05, 4.69) is 46.7 Å². The van der Waals surface area contributed by atoms with E-state index in [9.17, 15) is 4.79 Å². The van der Waals surface area contributed by atoms with Crippen molar-refractivity contribution >= 4 is 17.7 Å². The number of hydrogen-bond donors (Lipinski definition) is 1. The monoisotopic (exact) mass is 419 g/mol. The summed E-state index contributed by atoms with van der Waals surface area (Å²) in [6.07, 6.45) is 1.41. The Balaban J connectivity index is 1.28. The zero-order valence-electron chi connectivity index (χ0n) is 16.4. The predicted molar refractivity (Wildman–Crippen MR) is 117 cm³/mol. The normalized spacial score (nSPS) is 18.0. The van der Waals surface area contributed by atoms with Crippen LogP contribution in [0.3, 0.4) is 0 Å². The zero-order valence-corrected chi connectivity index (χ0v) is 17.2. The third-order valence-electron chi connectivity index (χ3n) is 5.92. The number of aromatic nitrogens is 1. The number of ether oxygens (including phenoxy) is 1. The molecular weight excluding hydrogens is 398 g/mol. The molecule has 30 heavy (non-hydrogen) atoms. The molecule has 2 heterocycles. The molecular formula is C24H22ClN3O2. The molecule has 1 atom stereocenters. The summed E-state index contributed by atoms with van der Waals surface area (Å²) in [6, 6.07) is 20.5. The Bertz CT molecular complexity index is 1040. The van der Waals surface area contributed by atoms with Crippen molar-refractivity contribution < 1.29 is 9.53 Å². The third kappa shape index (κ3) is 3.55. The molecule has 0 spiro atoms. The first-order valence-electron chi connectivity index (χ1n) is 10.2. The molecule has 2 aromatic carbocycles. The van der Waals surface area contributed by atoms with Crippen LogP contribution in [0, 0.1) is 0 Å². The first-order chi connectivity index (χ1) is 14.7. The fraction of sp³-hybridized carbons (Fsp3) is 0.250. The molecule has 152 valence electrons. The molecule has 0 radical (unpaired) electrons. The summed E-state index contributed by atoms with van der Waals surface area (Å²) in [6.45, 7) is 2.19. The van der Waals surface area contributed by atoms with E-state index >= 15 is 0 Å². The highest BCUT2D eigenvalue weighted by Gasteiger charge is 2.31. The van der Waals surface area contributed by atoms with Gasteiger partial charge in [0.15, 0.2) is 0 Å². The lowest BCUT2D eigenvalue weighted by Crippen LogP contribution is -2.48. The zero-order chi connectivity index (χ0) is 20.5. The van der Waals surface area contributed by atoms with Crippen molar-refractivity contribution in [3.8, 4) is 11.1 Å². The van der Waals surface area contributed by atoms with Gasteiger partial charge in [0.1, 0.15) is 11.8 Å². The van der Waals surface area contributed by atoms with Crippen LogP contribution >= 0.6 is 11.6 Å². The second kappa shape index (κ2) is 8.09. The molecule has 1 aliphatic heterocycles. The van der Waals surface area contributed by atoms with E-state index in [1.54, 1.807) is 11.1 Å². The molecule has 5 nitrogen and oxygen atoms in total. The van der Waals surface area contributed by atoms with E-state index in [1.165, 1.54) is 22.3 Å². The van der Waals surface area contributed by atoms with Crippen LogP contribution in [-0.4, -0.2) is 42.2 Å². The number of amides is 1. The Morgan fingerprint density at radius 2 is 1.80 bits per heavy atom. The van der Waals surface area contributed by atoms with Crippen molar-refractivity contribution in [1.82, 2.24) is 15.2 Å². The molecule has 1 unspecified atom stereocenters. The number of carbonyl (C=O) groups is 1. The van der Waals surface area contributed by atoms with Gasteiger partial charge in [0.2, 0.25) is 0 Å². The average molecular weight is 420 g/mol. The highest BCUT2D eigenvalue weighted by atomic mass is 35.5. The summed E-state index contributed by atoms with van der Waals surface area (Å²) in [5, 5.41) is 3.89. The van der Waals surface area contributed by atoms with Gasteiger partial charge < -0.3 is 15.0 Å². The van der Waals surface area contributed by atoms with Gasteiger partial charge >= 0.3 is 6.09 Å². The van der Waals surface area contributed by atoms with Gasteiger partial charge in [-0.15, -0.1) is 0 Å². The molecule has 2 aliphatic rings. The smallest absolute Gasteiger partial charge is 0.409 e. The van der Waals surface area contributed by atoms with Crippen molar-refractivity contribution in [3.63, 3.8) is 0 Å². The first-order valence-corrected chi connectivity index (χ1v) is 10.5. The number of hydrogen-bond acceptors (Lipinski definition) is 4. The predicted octanol–water partition coefficient (Wildman–Crippen LogP) is 4.63. The van der Waals surface area contributed by atoms with Crippen molar-refractivity contribution in [3.05, 3.63) is 88.7 Å². The van der Waals surface area contributed by atoms with Crippen LogP contribution < -0.4 is 5.32 Å². The topological polar surface area (TPSA) is 54.5 Å². The number of pyridine rings is 1. The van der Waals surface area contributed by atoms with Crippen LogP contribution in [-0.2, 0) is 4.74 Å². The summed E-state index contributed by atoms with van der Waals surface area (Å²) < 4.78 is 5.81. The number of carbonyl (C=O) groups excluding carboxylic acids is 1. The van der Waals surface area contributed by atoms with Gasteiger partial charge in [0.25, 0.3) is 0 Å². The second-order valence-electron chi connectivity index (χ2n) is 7.67. The molecule has 5 rings (SSSR count). The van der Waals surface area contributed by atoms with E-state index in [4.69, 9.17) is 16.3 Å². The van der Waals surface area contributed by atoms with Crippen molar-refractivity contribution in [2.45, 2.75) is 12.0 Å². The molecule has 1 aromatic heterocycles. The molecule has 1 aliphatic carbocycles. The maximum Gasteiger partial charge on any atom is 0.409 e. The molecule has 0 saturated carbocycles. The lowest BCUT2D eigenvalue weighted by atomic mass is 9.98. The fourth-order valence-corrected chi connectivity index (χ4v) is 4.64.